The Morgan fingerprint density at radius 3 is 1.42 bits per heavy atom. The van der Waals surface area contributed by atoms with Gasteiger partial charge in [0.05, 0.1) is 37.3 Å². The summed E-state index contributed by atoms with van der Waals surface area (Å²) >= 11 is 0. The van der Waals surface area contributed by atoms with Gasteiger partial charge in [-0.05, 0) is 52.5 Å². The molecule has 1 aliphatic rings. The van der Waals surface area contributed by atoms with E-state index in [1.807, 2.05) is 90.1 Å². The normalized spacial score (nSPS) is 16.3. The van der Waals surface area contributed by atoms with Crippen molar-refractivity contribution >= 4 is 35.3 Å². The number of nitrogens with one attached hydrogen (secondary N) is 3. The first-order chi connectivity index (χ1) is 29.4. The molecule has 0 saturated carbocycles. The van der Waals surface area contributed by atoms with Gasteiger partial charge >= 0.3 is 12.2 Å². The first kappa shape index (κ1) is 51.0. The lowest BCUT2D eigenvalue weighted by Crippen LogP contribution is -2.62. The highest BCUT2D eigenvalue weighted by atomic mass is 19.1. The number of hydrogen-bond donors (Lipinski definition) is 3. The summed E-state index contributed by atoms with van der Waals surface area (Å²) in [7, 11) is 6.00. The van der Waals surface area contributed by atoms with Crippen LogP contribution in [0.1, 0.15) is 107 Å². The molecule has 0 radical (unpaired) electrons. The predicted molar refractivity (Wildman–Crippen MR) is 248 cm³/mol. The Labute approximate surface area is 377 Å². The van der Waals surface area contributed by atoms with Gasteiger partial charge in [-0.1, -0.05) is 118 Å². The van der Waals surface area contributed by atoms with Gasteiger partial charge in [0.1, 0.15) is 5.82 Å². The third kappa shape index (κ3) is 10.8. The van der Waals surface area contributed by atoms with E-state index in [1.165, 1.54) is 51.8 Å². The molecule has 0 spiro atoms. The van der Waals surface area contributed by atoms with Gasteiger partial charge in [-0.2, -0.15) is 0 Å². The molecular formula is C49H69F2N7O6. The molecule has 0 bridgehead atoms. The van der Waals surface area contributed by atoms with Gasteiger partial charge in [-0.15, -0.1) is 0 Å². The van der Waals surface area contributed by atoms with Crippen LogP contribution >= 0.6 is 0 Å². The van der Waals surface area contributed by atoms with Gasteiger partial charge in [0.2, 0.25) is 0 Å². The minimum Gasteiger partial charge on any atom is -0.432 e. The third-order valence-corrected chi connectivity index (χ3v) is 12.5. The summed E-state index contributed by atoms with van der Waals surface area (Å²) in [6, 6.07) is 14.9. The summed E-state index contributed by atoms with van der Waals surface area (Å²) in [5.41, 5.74) is -1.08. The quantitative estimate of drug-likeness (QED) is 0.137. The Bertz CT molecular complexity index is 2230. The van der Waals surface area contributed by atoms with Crippen LogP contribution in [0.4, 0.5) is 18.4 Å². The van der Waals surface area contributed by atoms with E-state index in [-0.39, 0.29) is 0 Å². The highest BCUT2D eigenvalue weighted by Gasteiger charge is 2.54. The first-order valence-electron chi connectivity index (χ1n) is 21.5. The van der Waals surface area contributed by atoms with Crippen LogP contribution in [0.15, 0.2) is 65.9 Å². The zero-order chi connectivity index (χ0) is 48.4. The van der Waals surface area contributed by atoms with Crippen molar-refractivity contribution in [1.29, 1.82) is 0 Å². The van der Waals surface area contributed by atoms with Crippen molar-refractivity contribution in [3.63, 3.8) is 0 Å². The lowest BCUT2D eigenvalue weighted by molar-refractivity contribution is -0.155. The number of aromatic amines is 1. The predicted octanol–water partition coefficient (Wildman–Crippen LogP) is 9.57. The molecule has 350 valence electrons. The Morgan fingerprint density at radius 1 is 0.641 bits per heavy atom. The molecule has 1 aliphatic heterocycles. The minimum absolute atomic E-state index is 0.474. The number of carbonyl (C=O) groups is 4. The molecule has 1 aromatic heterocycles. The zero-order valence-corrected chi connectivity index (χ0v) is 40.5. The molecule has 2 aromatic carbocycles. The fourth-order valence-electron chi connectivity index (χ4n) is 6.95. The maximum atomic E-state index is 14.4. The van der Waals surface area contributed by atoms with E-state index in [0.29, 0.717) is 12.2 Å². The van der Waals surface area contributed by atoms with Gasteiger partial charge in [0.25, 0.3) is 11.8 Å². The lowest BCUT2D eigenvalue weighted by atomic mass is 9.75. The summed E-state index contributed by atoms with van der Waals surface area (Å²) in [6.07, 6.45) is 2.47. The maximum Gasteiger partial charge on any atom is 0.410 e. The maximum absolute atomic E-state index is 14.4. The molecule has 0 fully saturated rings. The van der Waals surface area contributed by atoms with Crippen molar-refractivity contribution in [2.75, 3.05) is 41.5 Å². The smallest absolute Gasteiger partial charge is 0.410 e. The van der Waals surface area contributed by atoms with Crippen LogP contribution in [0.2, 0.25) is 0 Å². The molecule has 4 atom stereocenters. The van der Waals surface area contributed by atoms with Crippen LogP contribution in [0.3, 0.4) is 0 Å². The van der Waals surface area contributed by atoms with Crippen LogP contribution in [0, 0.1) is 21.7 Å². The number of imidazole rings is 1. The number of alkyl halides is 2. The van der Waals surface area contributed by atoms with E-state index >= 15 is 0 Å². The van der Waals surface area contributed by atoms with E-state index in [4.69, 9.17) is 14.5 Å². The summed E-state index contributed by atoms with van der Waals surface area (Å²) in [5, 5.41) is 6.08. The summed E-state index contributed by atoms with van der Waals surface area (Å²) < 4.78 is 40.0. The second-order valence-corrected chi connectivity index (χ2v) is 21.0. The van der Waals surface area contributed by atoms with E-state index in [1.54, 1.807) is 40.1 Å². The van der Waals surface area contributed by atoms with Crippen molar-refractivity contribution in [2.24, 2.45) is 26.7 Å². The molecule has 64 heavy (non-hydrogen) atoms. The van der Waals surface area contributed by atoms with Gasteiger partial charge in [-0.3, -0.25) is 23.4 Å². The van der Waals surface area contributed by atoms with Crippen LogP contribution in [0.5, 0.6) is 0 Å². The van der Waals surface area contributed by atoms with E-state index in [2.05, 4.69) is 20.6 Å². The van der Waals surface area contributed by atoms with Gasteiger partial charge in [-0.25, -0.2) is 14.6 Å². The number of carbonyl (C=O) groups excluding carboxylic acids is 4. The average molecular weight is 890 g/mol. The Balaban J connectivity index is 1.49. The monoisotopic (exact) mass is 890 g/mol. The topological polar surface area (TPSA) is 158 Å². The van der Waals surface area contributed by atoms with Gasteiger partial charge in [0.15, 0.2) is 11.2 Å². The SMILES string of the molecule is CN(C)C(=O)OC(C)(C(=O)N[C@H](C1=NC=C(c2ccc(-c3ccc(-c4cnc([C@@H](NC(=O)C(C)(OC(=O)N(C)C)C(C)(C)CF)C(C)(C)C)[nH]4)cc3)cc2)C1)C(C)(C)C)C(C)(C)CF. The van der Waals surface area contributed by atoms with Crippen LogP contribution in [0.25, 0.3) is 28.0 Å². The second-order valence-electron chi connectivity index (χ2n) is 21.0. The number of H-pyrrole nitrogens is 1. The summed E-state index contributed by atoms with van der Waals surface area (Å²) in [4.78, 5) is 68.4. The van der Waals surface area contributed by atoms with E-state index < -0.39 is 82.3 Å². The fourth-order valence-corrected chi connectivity index (χ4v) is 6.95. The molecule has 3 N–H and O–H groups in total. The minimum atomic E-state index is -1.83. The molecule has 13 nitrogen and oxygen atoms in total. The molecule has 2 heterocycles. The molecule has 0 saturated heterocycles. The van der Waals surface area contributed by atoms with Crippen molar-refractivity contribution in [2.45, 2.75) is 113 Å². The van der Waals surface area contributed by atoms with Crippen molar-refractivity contribution < 1.29 is 37.4 Å². The molecule has 4 rings (SSSR count). The number of benzene rings is 2. The fraction of sp³-hybridized carbons (Fsp3) is 0.551. The Morgan fingerprint density at radius 2 is 1.03 bits per heavy atom. The van der Waals surface area contributed by atoms with Gasteiger partial charge < -0.3 is 34.9 Å². The number of aliphatic imine (C=N–C) groups is 1. The molecule has 0 aliphatic carbocycles. The molecule has 2 unspecified atom stereocenters. The largest absolute Gasteiger partial charge is 0.432 e. The molecular weight excluding hydrogens is 821 g/mol. The van der Waals surface area contributed by atoms with Crippen LogP contribution < -0.4 is 10.6 Å². The number of halogens is 2. The second kappa shape index (κ2) is 18.9. The average Bonchev–Trinajstić information content (AvgIpc) is 3.91. The number of hydrogen-bond acceptors (Lipinski definition) is 8. The van der Waals surface area contributed by atoms with Crippen LogP contribution in [-0.4, -0.2) is 108 Å². The summed E-state index contributed by atoms with van der Waals surface area (Å²) in [5.74, 6) is -0.755. The molecule has 4 amide bonds. The number of ether oxygens (including phenoxy) is 2. The number of rotatable bonds is 15. The summed E-state index contributed by atoms with van der Waals surface area (Å²) in [6.45, 7) is 19.1. The van der Waals surface area contributed by atoms with E-state index in [9.17, 15) is 28.0 Å². The number of aromatic nitrogens is 2. The van der Waals surface area contributed by atoms with Crippen molar-refractivity contribution in [3.8, 4) is 22.4 Å². The molecule has 15 heteroatoms. The van der Waals surface area contributed by atoms with Gasteiger partial charge in [0, 0.05) is 57.4 Å². The number of nitrogens with zero attached hydrogens (tertiary/aromatic N) is 4. The first-order valence-corrected chi connectivity index (χ1v) is 21.5. The van der Waals surface area contributed by atoms with E-state index in [0.717, 1.165) is 39.2 Å². The lowest BCUT2D eigenvalue weighted by Gasteiger charge is -2.42. The van der Waals surface area contributed by atoms with Crippen molar-refractivity contribution in [3.05, 3.63) is 72.3 Å². The van der Waals surface area contributed by atoms with Crippen molar-refractivity contribution in [1.82, 2.24) is 30.4 Å². The zero-order valence-electron chi connectivity index (χ0n) is 40.5. The third-order valence-electron chi connectivity index (χ3n) is 12.5. The standard InChI is InChI=1S/C49H69F2N7O6/c1-44(2,3)37(55-40(59)48(11,46(7,8)28-50)63-42(61)57(13)14)35-25-34(26-52-35)32-19-17-30(18-20-32)31-21-23-33(24-22-31)36-27-53-39(54-36)38(45(4,5)6)56-41(60)49(12,47(9,10)29-51)64-43(62)58(15)16/h17-24,26-27,37-38H,25,28-29H2,1-16H3,(H,53,54)(H,55,59)(H,56,60)/t37-,38-,48?,49?/m1/s1. The van der Waals surface area contributed by atoms with Crippen LogP contribution in [-0.2, 0) is 19.1 Å². The number of amides is 4. The highest BCUT2D eigenvalue weighted by molar-refractivity contribution is 6.04. The number of allylic oxidation sites excluding steroid dienone is 1. The Hall–Kier alpha value is -5.60. The Kier molecular flexibility index (Phi) is 15.0. The highest BCUT2D eigenvalue weighted by Crippen LogP contribution is 2.40. The molecule has 3 aromatic rings.